The molecule has 2 fully saturated rings. The van der Waals surface area contributed by atoms with Gasteiger partial charge < -0.3 is 11.1 Å². The highest BCUT2D eigenvalue weighted by atomic mass is 16.1. The van der Waals surface area contributed by atoms with Crippen LogP contribution in [0.4, 0.5) is 0 Å². The Bertz CT molecular complexity index is 584. The molecule has 2 aliphatic rings. The van der Waals surface area contributed by atoms with E-state index < -0.39 is 0 Å². The highest BCUT2D eigenvalue weighted by Gasteiger charge is 2.39. The molecular weight excluding hydrogens is 260 g/mol. The van der Waals surface area contributed by atoms with Gasteiger partial charge in [-0.25, -0.2) is 0 Å². The SMILES string of the molecule is NCC#Cc1cccc(C(=O)NCC2CC3CCC2C3)c1. The molecule has 0 aromatic heterocycles. The average Bonchev–Trinajstić information content (AvgIpc) is 3.13. The van der Waals surface area contributed by atoms with Crippen molar-refractivity contribution in [3.8, 4) is 11.8 Å². The lowest BCUT2D eigenvalue weighted by Gasteiger charge is -2.21. The molecule has 0 heterocycles. The number of nitrogens with two attached hydrogens (primary N) is 1. The minimum atomic E-state index is 0.00849. The zero-order valence-electron chi connectivity index (χ0n) is 12.3. The highest BCUT2D eigenvalue weighted by Crippen LogP contribution is 2.47. The minimum Gasteiger partial charge on any atom is -0.352 e. The monoisotopic (exact) mass is 282 g/mol. The molecule has 1 amide bonds. The fourth-order valence-electron chi connectivity index (χ4n) is 3.84. The third-order valence-electron chi connectivity index (χ3n) is 4.87. The number of rotatable bonds is 3. The molecule has 3 heteroatoms. The summed E-state index contributed by atoms with van der Waals surface area (Å²) in [5.41, 5.74) is 6.89. The summed E-state index contributed by atoms with van der Waals surface area (Å²) in [5, 5.41) is 3.10. The summed E-state index contributed by atoms with van der Waals surface area (Å²) in [6.07, 6.45) is 5.43. The van der Waals surface area contributed by atoms with Crippen molar-refractivity contribution in [1.29, 1.82) is 0 Å². The quantitative estimate of drug-likeness (QED) is 0.835. The van der Waals surface area contributed by atoms with Crippen LogP contribution in [0.1, 0.15) is 41.6 Å². The Morgan fingerprint density at radius 2 is 2.24 bits per heavy atom. The molecular formula is C18H22N2O. The zero-order chi connectivity index (χ0) is 14.7. The Hall–Kier alpha value is -1.79. The number of nitrogens with one attached hydrogen (secondary N) is 1. The average molecular weight is 282 g/mol. The van der Waals surface area contributed by atoms with Crippen LogP contribution in [-0.4, -0.2) is 19.0 Å². The van der Waals surface area contributed by atoms with Gasteiger partial charge in [-0.2, -0.15) is 0 Å². The Labute approximate surface area is 126 Å². The van der Waals surface area contributed by atoms with Crippen molar-refractivity contribution < 1.29 is 4.79 Å². The van der Waals surface area contributed by atoms with Gasteiger partial charge in [0.2, 0.25) is 0 Å². The van der Waals surface area contributed by atoms with Crippen molar-refractivity contribution in [2.24, 2.45) is 23.5 Å². The van der Waals surface area contributed by atoms with E-state index in [1.807, 2.05) is 24.3 Å². The maximum atomic E-state index is 12.2. The predicted molar refractivity (Wildman–Crippen MR) is 83.6 cm³/mol. The van der Waals surface area contributed by atoms with E-state index in [1.165, 1.54) is 25.7 Å². The van der Waals surface area contributed by atoms with Crippen molar-refractivity contribution >= 4 is 5.91 Å². The second-order valence-corrected chi connectivity index (χ2v) is 6.23. The van der Waals surface area contributed by atoms with E-state index in [0.717, 1.165) is 23.9 Å². The van der Waals surface area contributed by atoms with Crippen molar-refractivity contribution in [2.45, 2.75) is 25.7 Å². The van der Waals surface area contributed by atoms with Gasteiger partial charge in [0.05, 0.1) is 6.54 Å². The number of amides is 1. The summed E-state index contributed by atoms with van der Waals surface area (Å²) in [5.74, 6) is 8.24. The second kappa shape index (κ2) is 6.32. The Balaban J connectivity index is 1.58. The van der Waals surface area contributed by atoms with E-state index in [1.54, 1.807) is 0 Å². The van der Waals surface area contributed by atoms with E-state index in [9.17, 15) is 4.79 Å². The molecule has 21 heavy (non-hydrogen) atoms. The molecule has 3 unspecified atom stereocenters. The normalized spacial score (nSPS) is 26.2. The van der Waals surface area contributed by atoms with Gasteiger partial charge in [-0.15, -0.1) is 0 Å². The van der Waals surface area contributed by atoms with Crippen LogP contribution in [-0.2, 0) is 0 Å². The molecule has 110 valence electrons. The minimum absolute atomic E-state index is 0.00849. The van der Waals surface area contributed by atoms with E-state index in [-0.39, 0.29) is 5.91 Å². The summed E-state index contributed by atoms with van der Waals surface area (Å²) in [7, 11) is 0. The summed E-state index contributed by atoms with van der Waals surface area (Å²) in [6.45, 7) is 1.15. The molecule has 0 saturated heterocycles. The van der Waals surface area contributed by atoms with Crippen molar-refractivity contribution in [3.05, 3.63) is 35.4 Å². The Morgan fingerprint density at radius 3 is 2.95 bits per heavy atom. The molecule has 3 rings (SSSR count). The lowest BCUT2D eigenvalue weighted by molar-refractivity contribution is 0.0941. The van der Waals surface area contributed by atoms with Crippen LogP contribution in [0.25, 0.3) is 0 Å². The molecule has 3 N–H and O–H groups in total. The summed E-state index contributed by atoms with van der Waals surface area (Å²) >= 11 is 0. The number of carbonyl (C=O) groups excluding carboxylic acids is 1. The Kier molecular flexibility index (Phi) is 4.26. The lowest BCUT2D eigenvalue weighted by atomic mass is 9.89. The largest absolute Gasteiger partial charge is 0.352 e. The second-order valence-electron chi connectivity index (χ2n) is 6.23. The van der Waals surface area contributed by atoms with Crippen LogP contribution >= 0.6 is 0 Å². The van der Waals surface area contributed by atoms with Crippen LogP contribution in [0, 0.1) is 29.6 Å². The number of benzene rings is 1. The van der Waals surface area contributed by atoms with E-state index >= 15 is 0 Å². The van der Waals surface area contributed by atoms with Gasteiger partial charge in [-0.1, -0.05) is 24.3 Å². The molecule has 3 atom stereocenters. The fraction of sp³-hybridized carbons (Fsp3) is 0.500. The van der Waals surface area contributed by atoms with Crippen molar-refractivity contribution in [2.75, 3.05) is 13.1 Å². The topological polar surface area (TPSA) is 55.1 Å². The third-order valence-corrected chi connectivity index (χ3v) is 4.87. The first kappa shape index (κ1) is 14.2. The molecule has 1 aromatic carbocycles. The maximum absolute atomic E-state index is 12.2. The van der Waals surface area contributed by atoms with Gasteiger partial charge in [-0.3, -0.25) is 4.79 Å². The maximum Gasteiger partial charge on any atom is 0.251 e. The first-order chi connectivity index (χ1) is 10.3. The number of carbonyl (C=O) groups is 1. The molecule has 2 bridgehead atoms. The molecule has 1 aromatic rings. The van der Waals surface area contributed by atoms with Crippen molar-refractivity contribution in [3.63, 3.8) is 0 Å². The van der Waals surface area contributed by atoms with E-state index in [0.29, 0.717) is 18.0 Å². The summed E-state index contributed by atoms with van der Waals surface area (Å²) in [6, 6.07) is 7.44. The molecule has 0 aliphatic heterocycles. The number of fused-ring (bicyclic) bond motifs is 2. The van der Waals surface area contributed by atoms with Crippen LogP contribution < -0.4 is 11.1 Å². The van der Waals surface area contributed by atoms with E-state index in [4.69, 9.17) is 5.73 Å². The molecule has 2 aliphatic carbocycles. The lowest BCUT2D eigenvalue weighted by Crippen LogP contribution is -2.31. The molecule has 3 nitrogen and oxygen atoms in total. The first-order valence-electron chi connectivity index (χ1n) is 7.83. The first-order valence-corrected chi connectivity index (χ1v) is 7.83. The highest BCUT2D eigenvalue weighted by molar-refractivity contribution is 5.94. The third kappa shape index (κ3) is 3.28. The van der Waals surface area contributed by atoms with Crippen LogP contribution in [0.15, 0.2) is 24.3 Å². The number of hydrogen-bond acceptors (Lipinski definition) is 2. The molecule has 0 radical (unpaired) electrons. The van der Waals surface area contributed by atoms with Crippen molar-refractivity contribution in [1.82, 2.24) is 5.32 Å². The standard InChI is InChI=1S/C18H22N2O/c19-8-2-4-13-3-1-5-16(9-13)18(21)20-12-17-11-14-6-7-15(17)10-14/h1,3,5,9,14-15,17H,6-8,10-12,19H2,(H,20,21). The fourth-order valence-corrected chi connectivity index (χ4v) is 3.84. The van der Waals surface area contributed by atoms with Gasteiger partial charge in [0, 0.05) is 17.7 Å². The summed E-state index contributed by atoms with van der Waals surface area (Å²) in [4.78, 5) is 12.2. The van der Waals surface area contributed by atoms with Crippen LogP contribution in [0.5, 0.6) is 0 Å². The van der Waals surface area contributed by atoms with E-state index in [2.05, 4.69) is 17.2 Å². The predicted octanol–water partition coefficient (Wildman–Crippen LogP) is 2.16. The van der Waals surface area contributed by atoms with Gasteiger partial charge >= 0.3 is 0 Å². The molecule has 2 saturated carbocycles. The van der Waals surface area contributed by atoms with Gasteiger partial charge in [-0.05, 0) is 55.2 Å². The zero-order valence-corrected chi connectivity index (χ0v) is 12.3. The van der Waals surface area contributed by atoms with Gasteiger partial charge in [0.1, 0.15) is 0 Å². The molecule has 0 spiro atoms. The van der Waals surface area contributed by atoms with Crippen LogP contribution in [0.2, 0.25) is 0 Å². The number of hydrogen-bond donors (Lipinski definition) is 2. The summed E-state index contributed by atoms with van der Waals surface area (Å²) < 4.78 is 0. The smallest absolute Gasteiger partial charge is 0.251 e. The van der Waals surface area contributed by atoms with Crippen LogP contribution in [0.3, 0.4) is 0 Å². The van der Waals surface area contributed by atoms with Gasteiger partial charge in [0.25, 0.3) is 5.91 Å². The Morgan fingerprint density at radius 1 is 1.33 bits per heavy atom. The van der Waals surface area contributed by atoms with Gasteiger partial charge in [0.15, 0.2) is 0 Å².